The lowest BCUT2D eigenvalue weighted by Gasteiger charge is -2.36. The third-order valence-corrected chi connectivity index (χ3v) is 6.87. The lowest BCUT2D eigenvalue weighted by molar-refractivity contribution is 0.0240. The molecule has 8 heteroatoms. The Morgan fingerprint density at radius 2 is 1.78 bits per heavy atom. The Bertz CT molecular complexity index is 1130. The molecule has 2 aromatic heterocycles. The zero-order chi connectivity index (χ0) is 23.0. The second kappa shape index (κ2) is 8.87. The molecule has 0 spiro atoms. The predicted molar refractivity (Wildman–Crippen MR) is 132 cm³/mol. The molecule has 0 radical (unpaired) electrons. The van der Waals surface area contributed by atoms with Gasteiger partial charge in [0, 0.05) is 36.6 Å². The molecule has 3 aromatic rings. The van der Waals surface area contributed by atoms with Crippen molar-refractivity contribution in [2.24, 2.45) is 0 Å². The molecule has 1 fully saturated rings. The number of ether oxygens (including phenoxy) is 1. The number of thiophene rings is 1. The Kier molecular flexibility index (Phi) is 6.32. The maximum Gasteiger partial charge on any atom is 0.410 e. The molecule has 1 saturated heterocycles. The van der Waals surface area contributed by atoms with Crippen LogP contribution in [0.25, 0.3) is 21.3 Å². The topological polar surface area (TPSA) is 58.6 Å². The molecule has 0 atom stereocenters. The molecular formula is C24H29ClN4O2S. The third-order valence-electron chi connectivity index (χ3n) is 5.47. The van der Waals surface area contributed by atoms with Crippen LogP contribution in [0.4, 0.5) is 10.6 Å². The van der Waals surface area contributed by atoms with E-state index in [1.165, 1.54) is 21.6 Å². The van der Waals surface area contributed by atoms with E-state index in [0.717, 1.165) is 22.5 Å². The summed E-state index contributed by atoms with van der Waals surface area (Å²) in [5.41, 5.74) is 3.08. The summed E-state index contributed by atoms with van der Waals surface area (Å²) in [6.45, 7) is 12.4. The summed E-state index contributed by atoms with van der Waals surface area (Å²) in [6.07, 6.45) is 0.639. The normalized spacial score (nSPS) is 14.8. The monoisotopic (exact) mass is 472 g/mol. The molecule has 1 amide bonds. The van der Waals surface area contributed by atoms with Crippen LogP contribution < -0.4 is 4.90 Å². The molecule has 0 bridgehead atoms. The zero-order valence-electron chi connectivity index (χ0n) is 19.2. The smallest absolute Gasteiger partial charge is 0.410 e. The van der Waals surface area contributed by atoms with Crippen LogP contribution in [0.3, 0.4) is 0 Å². The highest BCUT2D eigenvalue weighted by Gasteiger charge is 2.29. The zero-order valence-corrected chi connectivity index (χ0v) is 20.8. The van der Waals surface area contributed by atoms with Gasteiger partial charge >= 0.3 is 6.09 Å². The molecular weight excluding hydrogens is 444 g/mol. The van der Waals surface area contributed by atoms with E-state index < -0.39 is 5.60 Å². The molecule has 1 aliphatic rings. The van der Waals surface area contributed by atoms with Crippen LogP contribution in [0.1, 0.15) is 38.1 Å². The second-order valence-corrected chi connectivity index (χ2v) is 10.5. The van der Waals surface area contributed by atoms with Gasteiger partial charge in [-0.15, -0.1) is 11.3 Å². The van der Waals surface area contributed by atoms with Crippen molar-refractivity contribution >= 4 is 45.1 Å². The van der Waals surface area contributed by atoms with Crippen LogP contribution in [0.5, 0.6) is 0 Å². The number of piperazine rings is 1. The Morgan fingerprint density at radius 1 is 1.12 bits per heavy atom. The molecule has 0 N–H and O–H groups in total. The maximum atomic E-state index is 12.5. The Hall–Kier alpha value is -2.38. The van der Waals surface area contributed by atoms with Crippen molar-refractivity contribution in [2.45, 2.75) is 46.6 Å². The standard InChI is InChI=1S/C24H29ClN4O2S/c1-6-17-18(16-9-7-15(2)8-10-16)19-20(26-22(25)27-21(19)32-17)28-11-13-29(14-12-28)23(30)31-24(3,4)5/h7-10H,6,11-14H2,1-5H3. The number of aryl methyl sites for hydroxylation is 2. The van der Waals surface area contributed by atoms with Crippen molar-refractivity contribution < 1.29 is 9.53 Å². The van der Waals surface area contributed by atoms with Crippen molar-refractivity contribution in [3.8, 4) is 11.1 Å². The largest absolute Gasteiger partial charge is 0.444 e. The second-order valence-electron chi connectivity index (χ2n) is 9.07. The highest BCUT2D eigenvalue weighted by atomic mass is 35.5. The van der Waals surface area contributed by atoms with E-state index in [1.54, 1.807) is 16.2 Å². The molecule has 1 aromatic carbocycles. The van der Waals surface area contributed by atoms with Gasteiger partial charge in [0.1, 0.15) is 16.2 Å². The van der Waals surface area contributed by atoms with E-state index in [2.05, 4.69) is 53.0 Å². The molecule has 32 heavy (non-hydrogen) atoms. The van der Waals surface area contributed by atoms with Crippen LogP contribution >= 0.6 is 22.9 Å². The van der Waals surface area contributed by atoms with E-state index in [0.29, 0.717) is 26.2 Å². The van der Waals surface area contributed by atoms with Gasteiger partial charge in [0.2, 0.25) is 5.28 Å². The first-order valence-corrected chi connectivity index (χ1v) is 12.1. The van der Waals surface area contributed by atoms with Crippen molar-refractivity contribution in [3.05, 3.63) is 40.0 Å². The summed E-state index contributed by atoms with van der Waals surface area (Å²) in [6, 6.07) is 8.59. The third kappa shape index (κ3) is 4.69. The van der Waals surface area contributed by atoms with Crippen molar-refractivity contribution in [1.82, 2.24) is 14.9 Å². The summed E-state index contributed by atoms with van der Waals surface area (Å²) in [7, 11) is 0. The minimum absolute atomic E-state index is 0.251. The SMILES string of the molecule is CCc1sc2nc(Cl)nc(N3CCN(C(=O)OC(C)(C)C)CC3)c2c1-c1ccc(C)cc1. The average molecular weight is 473 g/mol. The fourth-order valence-corrected chi connectivity index (χ4v) is 5.28. The van der Waals surface area contributed by atoms with Gasteiger partial charge in [-0.25, -0.2) is 9.78 Å². The number of amides is 1. The first-order chi connectivity index (χ1) is 15.2. The quantitative estimate of drug-likeness (QED) is 0.441. The van der Waals surface area contributed by atoms with E-state index >= 15 is 0 Å². The van der Waals surface area contributed by atoms with Gasteiger partial charge in [-0.2, -0.15) is 4.98 Å². The highest BCUT2D eigenvalue weighted by Crippen LogP contribution is 2.43. The number of halogens is 1. The number of anilines is 1. The van der Waals surface area contributed by atoms with E-state index in [1.807, 2.05) is 20.8 Å². The summed E-state index contributed by atoms with van der Waals surface area (Å²) in [4.78, 5) is 27.8. The summed E-state index contributed by atoms with van der Waals surface area (Å²) < 4.78 is 5.54. The van der Waals surface area contributed by atoms with E-state index in [4.69, 9.17) is 16.3 Å². The van der Waals surface area contributed by atoms with Crippen LogP contribution in [0.15, 0.2) is 24.3 Å². The average Bonchev–Trinajstić information content (AvgIpc) is 3.11. The van der Waals surface area contributed by atoms with Gasteiger partial charge in [-0.05, 0) is 51.3 Å². The first-order valence-electron chi connectivity index (χ1n) is 10.9. The van der Waals surface area contributed by atoms with Crippen LogP contribution in [0, 0.1) is 6.92 Å². The molecule has 4 rings (SSSR count). The molecule has 0 saturated carbocycles. The van der Waals surface area contributed by atoms with Gasteiger partial charge in [0.05, 0.1) is 5.39 Å². The van der Waals surface area contributed by atoms with Crippen molar-refractivity contribution in [1.29, 1.82) is 0 Å². The van der Waals surface area contributed by atoms with Gasteiger partial charge in [-0.1, -0.05) is 36.8 Å². The lowest BCUT2D eigenvalue weighted by Crippen LogP contribution is -2.50. The number of benzene rings is 1. The predicted octanol–water partition coefficient (Wildman–Crippen LogP) is 5.94. The molecule has 1 aliphatic heterocycles. The van der Waals surface area contributed by atoms with Crippen molar-refractivity contribution in [3.63, 3.8) is 0 Å². The van der Waals surface area contributed by atoms with E-state index in [9.17, 15) is 4.79 Å². The molecule has 0 aliphatic carbocycles. The summed E-state index contributed by atoms with van der Waals surface area (Å²) in [5.74, 6) is 0.843. The number of carbonyl (C=O) groups is 1. The minimum Gasteiger partial charge on any atom is -0.444 e. The number of carbonyl (C=O) groups excluding carboxylic acids is 1. The summed E-state index contributed by atoms with van der Waals surface area (Å²) in [5, 5.41) is 1.30. The highest BCUT2D eigenvalue weighted by molar-refractivity contribution is 7.19. The summed E-state index contributed by atoms with van der Waals surface area (Å²) >= 11 is 8.02. The van der Waals surface area contributed by atoms with Gasteiger partial charge < -0.3 is 14.5 Å². The number of rotatable bonds is 3. The maximum absolute atomic E-state index is 12.5. The van der Waals surface area contributed by atoms with Crippen molar-refractivity contribution in [2.75, 3.05) is 31.1 Å². The van der Waals surface area contributed by atoms with Crippen LogP contribution in [-0.2, 0) is 11.2 Å². The number of hydrogen-bond donors (Lipinski definition) is 0. The van der Waals surface area contributed by atoms with Gasteiger partial charge in [0.15, 0.2) is 0 Å². The van der Waals surface area contributed by atoms with Crippen LogP contribution in [-0.4, -0.2) is 52.7 Å². The Labute approximate surface area is 198 Å². The first kappa shape index (κ1) is 22.8. The molecule has 170 valence electrons. The number of fused-ring (bicyclic) bond motifs is 1. The fraction of sp³-hybridized carbons (Fsp3) is 0.458. The number of nitrogens with zero attached hydrogens (tertiary/aromatic N) is 4. The minimum atomic E-state index is -0.503. The fourth-order valence-electron chi connectivity index (χ4n) is 3.93. The Balaban J connectivity index is 1.70. The molecule has 3 heterocycles. The lowest BCUT2D eigenvalue weighted by atomic mass is 10.0. The number of hydrogen-bond acceptors (Lipinski definition) is 6. The molecule has 0 unspecified atom stereocenters. The van der Waals surface area contributed by atoms with Gasteiger partial charge in [-0.3, -0.25) is 0 Å². The van der Waals surface area contributed by atoms with Crippen LogP contribution in [0.2, 0.25) is 5.28 Å². The number of aromatic nitrogens is 2. The molecule has 6 nitrogen and oxygen atoms in total. The Morgan fingerprint density at radius 3 is 2.38 bits per heavy atom. The van der Waals surface area contributed by atoms with E-state index in [-0.39, 0.29) is 11.4 Å². The van der Waals surface area contributed by atoms with Gasteiger partial charge in [0.25, 0.3) is 0 Å².